The van der Waals surface area contributed by atoms with Gasteiger partial charge < -0.3 is 19.9 Å². The first kappa shape index (κ1) is 20.2. The molecule has 1 atom stereocenters. The third-order valence-electron chi connectivity index (χ3n) is 2.75. The van der Waals surface area contributed by atoms with Crippen molar-refractivity contribution in [2.45, 2.75) is 12.8 Å². The van der Waals surface area contributed by atoms with Crippen molar-refractivity contribution in [3.63, 3.8) is 0 Å². The minimum Gasteiger partial charge on any atom is -0.494 e. The number of primary amides is 1. The molecule has 8 nitrogen and oxygen atoms in total. The van der Waals surface area contributed by atoms with Gasteiger partial charge in [0.15, 0.2) is 17.2 Å². The van der Waals surface area contributed by atoms with Gasteiger partial charge in [-0.1, -0.05) is 0 Å². The van der Waals surface area contributed by atoms with Crippen molar-refractivity contribution in [3.05, 3.63) is 34.5 Å². The molecule has 2 heterocycles. The number of aromatic nitrogens is 3. The second kappa shape index (κ2) is 9.04. The van der Waals surface area contributed by atoms with Crippen LogP contribution < -0.4 is 19.9 Å². The van der Waals surface area contributed by atoms with E-state index in [0.29, 0.717) is 0 Å². The highest BCUT2D eigenvalue weighted by atomic mass is 79.9. The van der Waals surface area contributed by atoms with E-state index in [4.69, 9.17) is 10.5 Å². The summed E-state index contributed by atoms with van der Waals surface area (Å²) >= 11 is 3.02. The molecule has 0 aliphatic carbocycles. The lowest BCUT2D eigenvalue weighted by molar-refractivity contribution is -0.0695. The van der Waals surface area contributed by atoms with Crippen LogP contribution >= 0.6 is 15.9 Å². The number of carbonyl (C=O) groups is 1. The summed E-state index contributed by atoms with van der Waals surface area (Å²) in [5.74, 6) is 5.00. The molecule has 1 unspecified atom stereocenters. The molecule has 0 fully saturated rings. The van der Waals surface area contributed by atoms with Crippen molar-refractivity contribution >= 4 is 22.0 Å². The summed E-state index contributed by atoms with van der Waals surface area (Å²) in [6.07, 6.45) is -5.05. The Hall–Kier alpha value is -3.07. The molecule has 0 aliphatic rings. The number of nitrogens with two attached hydrogens (primary N) is 1. The molecule has 2 aromatic heterocycles. The molecule has 0 radical (unpaired) electrons. The zero-order valence-electron chi connectivity index (χ0n) is 13.5. The minimum atomic E-state index is -3.34. The number of ether oxygens (including phenoxy) is 3. The highest BCUT2D eigenvalue weighted by molar-refractivity contribution is 9.10. The van der Waals surface area contributed by atoms with Crippen LogP contribution in [0.25, 0.3) is 0 Å². The summed E-state index contributed by atoms with van der Waals surface area (Å²) in [5.41, 5.74) is 5.09. The molecular weight excluding hydrogens is 437 g/mol. The van der Waals surface area contributed by atoms with Gasteiger partial charge >= 0.3 is 12.5 Å². The van der Waals surface area contributed by atoms with Crippen molar-refractivity contribution in [2.75, 3.05) is 7.11 Å². The smallest absolute Gasteiger partial charge is 0.410 e. The topological polar surface area (TPSA) is 109 Å². The Labute approximate surface area is 159 Å². The maximum Gasteiger partial charge on any atom is 0.410 e. The van der Waals surface area contributed by atoms with Crippen LogP contribution in [0.3, 0.4) is 0 Å². The number of halogens is 4. The summed E-state index contributed by atoms with van der Waals surface area (Å²) in [6.45, 7) is 0. The normalized spacial score (nSPS) is 11.3. The lowest BCUT2D eigenvalue weighted by Crippen LogP contribution is -2.20. The van der Waals surface area contributed by atoms with Gasteiger partial charge in [-0.2, -0.15) is 4.39 Å². The van der Waals surface area contributed by atoms with E-state index in [1.54, 1.807) is 0 Å². The average Bonchev–Trinajstić information content (AvgIpc) is 2.62. The first-order valence-electron chi connectivity index (χ1n) is 6.94. The van der Waals surface area contributed by atoms with Gasteiger partial charge in [-0.15, -0.1) is 0 Å². The predicted octanol–water partition coefficient (Wildman–Crippen LogP) is 2.44. The van der Waals surface area contributed by atoms with Gasteiger partial charge in [0, 0.05) is 6.07 Å². The van der Waals surface area contributed by atoms with Crippen molar-refractivity contribution < 1.29 is 32.2 Å². The number of hydrogen-bond acceptors (Lipinski definition) is 7. The van der Waals surface area contributed by atoms with Crippen LogP contribution in [0.15, 0.2) is 23.1 Å². The number of carbonyl (C=O) groups excluding carboxylic acids is 1. The first-order valence-corrected chi connectivity index (χ1v) is 7.73. The molecular formula is C15H10BrF3N4O4. The molecule has 27 heavy (non-hydrogen) atoms. The number of amides is 1. The summed E-state index contributed by atoms with van der Waals surface area (Å²) in [6, 6.07) is 1.33. The van der Waals surface area contributed by atoms with E-state index >= 15 is 0 Å². The van der Waals surface area contributed by atoms with Gasteiger partial charge in [-0.05, 0) is 27.8 Å². The van der Waals surface area contributed by atoms with E-state index in [1.165, 1.54) is 19.4 Å². The van der Waals surface area contributed by atoms with Gasteiger partial charge in [0.05, 0.1) is 13.3 Å². The maximum atomic E-state index is 13.0. The lowest BCUT2D eigenvalue weighted by Gasteiger charge is -2.10. The molecule has 0 saturated heterocycles. The number of alkyl halides is 3. The Kier molecular flexibility index (Phi) is 6.78. The molecule has 0 aromatic carbocycles. The van der Waals surface area contributed by atoms with Gasteiger partial charge in [0.2, 0.25) is 5.88 Å². The Morgan fingerprint density at radius 1 is 1.22 bits per heavy atom. The molecule has 1 amide bonds. The van der Waals surface area contributed by atoms with Crippen molar-refractivity contribution in [1.82, 2.24) is 15.0 Å². The largest absolute Gasteiger partial charge is 0.494 e. The SMILES string of the molecule is COc1cc(OC(N)=O)cnc1C#Cc1ncnc(OC(F)C(F)F)c1Br. The fourth-order valence-electron chi connectivity index (χ4n) is 1.65. The van der Waals surface area contributed by atoms with Crippen LogP contribution in [0, 0.1) is 11.8 Å². The Balaban J connectivity index is 2.31. The number of pyridine rings is 1. The van der Waals surface area contributed by atoms with E-state index in [-0.39, 0.29) is 27.4 Å². The van der Waals surface area contributed by atoms with Crippen LogP contribution in [-0.4, -0.2) is 40.9 Å². The lowest BCUT2D eigenvalue weighted by atomic mass is 10.3. The first-order chi connectivity index (χ1) is 12.8. The summed E-state index contributed by atoms with van der Waals surface area (Å²) < 4.78 is 51.7. The summed E-state index contributed by atoms with van der Waals surface area (Å²) in [7, 11) is 1.34. The molecule has 0 aliphatic heterocycles. The monoisotopic (exact) mass is 446 g/mol. The van der Waals surface area contributed by atoms with Crippen molar-refractivity contribution in [2.24, 2.45) is 5.73 Å². The fraction of sp³-hybridized carbons (Fsp3) is 0.200. The third kappa shape index (κ3) is 5.45. The van der Waals surface area contributed by atoms with E-state index in [0.717, 1.165) is 6.33 Å². The third-order valence-corrected chi connectivity index (χ3v) is 3.46. The fourth-order valence-corrected chi connectivity index (χ4v) is 2.04. The second-order valence-corrected chi connectivity index (χ2v) is 5.33. The average molecular weight is 447 g/mol. The van der Waals surface area contributed by atoms with Gasteiger partial charge in [0.1, 0.15) is 16.5 Å². The van der Waals surface area contributed by atoms with E-state index in [1.807, 2.05) is 0 Å². The van der Waals surface area contributed by atoms with Crippen LogP contribution in [0.2, 0.25) is 0 Å². The second-order valence-electron chi connectivity index (χ2n) is 4.54. The quantitative estimate of drug-likeness (QED) is 0.702. The minimum absolute atomic E-state index is 0.0200. The van der Waals surface area contributed by atoms with Crippen molar-refractivity contribution in [3.8, 4) is 29.2 Å². The highest BCUT2D eigenvalue weighted by Gasteiger charge is 2.23. The summed E-state index contributed by atoms with van der Waals surface area (Å²) in [5, 5.41) is 0. The standard InChI is InChI=1S/C15H10BrF3N4O4/c1-25-10-4-7(26-15(20)24)5-21-8(10)2-3-9-11(16)14(23-6-22-9)27-13(19)12(17)18/h4-6,12-13H,1H3,(H2,20,24). The Morgan fingerprint density at radius 3 is 2.56 bits per heavy atom. The van der Waals surface area contributed by atoms with Crippen LogP contribution in [0.4, 0.5) is 18.0 Å². The molecule has 12 heteroatoms. The van der Waals surface area contributed by atoms with Gasteiger partial charge in [0.25, 0.3) is 6.36 Å². The van der Waals surface area contributed by atoms with Gasteiger partial charge in [-0.3, -0.25) is 0 Å². The number of hydrogen-bond donors (Lipinski definition) is 1. The zero-order chi connectivity index (χ0) is 20.0. The van der Waals surface area contributed by atoms with Crippen molar-refractivity contribution in [1.29, 1.82) is 0 Å². The van der Waals surface area contributed by atoms with E-state index in [2.05, 4.69) is 52.2 Å². The highest BCUT2D eigenvalue weighted by Crippen LogP contribution is 2.27. The molecule has 2 aromatic rings. The number of rotatable bonds is 5. The van der Waals surface area contributed by atoms with Crippen LogP contribution in [-0.2, 0) is 0 Å². The van der Waals surface area contributed by atoms with E-state index in [9.17, 15) is 18.0 Å². The molecule has 2 N–H and O–H groups in total. The maximum absolute atomic E-state index is 13.0. The Bertz CT molecular complexity index is 904. The molecule has 142 valence electrons. The summed E-state index contributed by atoms with van der Waals surface area (Å²) in [4.78, 5) is 22.1. The predicted molar refractivity (Wildman–Crippen MR) is 88.2 cm³/mol. The molecule has 0 saturated carbocycles. The molecule has 0 bridgehead atoms. The molecule has 2 rings (SSSR count). The number of nitrogens with zero attached hydrogens (tertiary/aromatic N) is 3. The van der Waals surface area contributed by atoms with E-state index < -0.39 is 24.8 Å². The number of methoxy groups -OCH3 is 1. The molecule has 0 spiro atoms. The van der Waals surface area contributed by atoms with Crippen LogP contribution in [0.1, 0.15) is 11.4 Å². The van der Waals surface area contributed by atoms with Crippen LogP contribution in [0.5, 0.6) is 17.4 Å². The van der Waals surface area contributed by atoms with Gasteiger partial charge in [-0.25, -0.2) is 28.5 Å². The Morgan fingerprint density at radius 2 is 1.93 bits per heavy atom. The zero-order valence-corrected chi connectivity index (χ0v) is 15.0.